The standard InChI is InChI=1S/C13H11N3O3S/c1-7-5-14-11(20-7)6-15-13-16-9-3-2-8(12(17)18)4-10(9)19-13/h2-5H,6H2,1H3,(H,15,16)(H,17,18). The largest absolute Gasteiger partial charge is 0.478 e. The third kappa shape index (κ3) is 2.48. The Morgan fingerprint density at radius 3 is 3.05 bits per heavy atom. The van der Waals surface area contributed by atoms with Gasteiger partial charge in [0.1, 0.15) is 10.5 Å². The highest BCUT2D eigenvalue weighted by atomic mass is 32.1. The van der Waals surface area contributed by atoms with Crippen LogP contribution in [-0.2, 0) is 6.54 Å². The fraction of sp³-hybridized carbons (Fsp3) is 0.154. The molecule has 2 N–H and O–H groups in total. The second kappa shape index (κ2) is 4.93. The van der Waals surface area contributed by atoms with Gasteiger partial charge >= 0.3 is 5.97 Å². The molecule has 3 rings (SSSR count). The number of carboxylic acid groups (broad SMARTS) is 1. The molecule has 0 radical (unpaired) electrons. The number of hydrogen-bond donors (Lipinski definition) is 2. The highest BCUT2D eigenvalue weighted by Crippen LogP contribution is 2.21. The normalized spacial score (nSPS) is 10.8. The molecule has 0 amide bonds. The predicted molar refractivity (Wildman–Crippen MR) is 75.1 cm³/mol. The molecule has 20 heavy (non-hydrogen) atoms. The van der Waals surface area contributed by atoms with E-state index in [9.17, 15) is 4.79 Å². The van der Waals surface area contributed by atoms with Gasteiger partial charge in [0.05, 0.1) is 12.1 Å². The van der Waals surface area contributed by atoms with Crippen molar-refractivity contribution >= 4 is 34.4 Å². The first kappa shape index (κ1) is 12.6. The maximum atomic E-state index is 10.9. The average Bonchev–Trinajstić information content (AvgIpc) is 3.00. The van der Waals surface area contributed by atoms with Crippen molar-refractivity contribution in [2.24, 2.45) is 0 Å². The van der Waals surface area contributed by atoms with E-state index < -0.39 is 5.97 Å². The average molecular weight is 289 g/mol. The zero-order valence-electron chi connectivity index (χ0n) is 10.6. The second-order valence-electron chi connectivity index (χ2n) is 4.22. The minimum absolute atomic E-state index is 0.177. The van der Waals surface area contributed by atoms with E-state index in [4.69, 9.17) is 9.52 Å². The number of rotatable bonds is 4. The van der Waals surface area contributed by atoms with Gasteiger partial charge in [-0.1, -0.05) is 0 Å². The Morgan fingerprint density at radius 1 is 1.50 bits per heavy atom. The number of aryl methyl sites for hydroxylation is 1. The molecule has 2 aromatic heterocycles. The van der Waals surface area contributed by atoms with E-state index in [1.807, 2.05) is 13.1 Å². The van der Waals surface area contributed by atoms with Crippen LogP contribution in [0.25, 0.3) is 11.1 Å². The van der Waals surface area contributed by atoms with Crippen LogP contribution in [0.1, 0.15) is 20.2 Å². The summed E-state index contributed by atoms with van der Waals surface area (Å²) < 4.78 is 5.48. The molecular formula is C13H11N3O3S. The van der Waals surface area contributed by atoms with E-state index in [1.54, 1.807) is 17.4 Å². The lowest BCUT2D eigenvalue weighted by Crippen LogP contribution is -1.98. The summed E-state index contributed by atoms with van der Waals surface area (Å²) in [5, 5.41) is 12.9. The molecule has 6 nitrogen and oxygen atoms in total. The minimum atomic E-state index is -0.990. The Kier molecular flexibility index (Phi) is 3.11. The summed E-state index contributed by atoms with van der Waals surface area (Å²) in [5.41, 5.74) is 1.24. The highest BCUT2D eigenvalue weighted by molar-refractivity contribution is 7.11. The number of carbonyl (C=O) groups is 1. The molecule has 3 aromatic rings. The Hall–Kier alpha value is -2.41. The second-order valence-corrected chi connectivity index (χ2v) is 5.54. The molecule has 0 unspecified atom stereocenters. The van der Waals surface area contributed by atoms with Gasteiger partial charge in [0.15, 0.2) is 5.58 Å². The van der Waals surface area contributed by atoms with Gasteiger partial charge in [0.25, 0.3) is 6.01 Å². The molecule has 0 saturated heterocycles. The number of fused-ring (bicyclic) bond motifs is 1. The van der Waals surface area contributed by atoms with Crippen LogP contribution in [0.15, 0.2) is 28.8 Å². The minimum Gasteiger partial charge on any atom is -0.478 e. The van der Waals surface area contributed by atoms with E-state index in [1.165, 1.54) is 12.1 Å². The van der Waals surface area contributed by atoms with Crippen molar-refractivity contribution in [1.29, 1.82) is 0 Å². The molecule has 0 spiro atoms. The quantitative estimate of drug-likeness (QED) is 0.767. The van der Waals surface area contributed by atoms with Crippen molar-refractivity contribution in [3.63, 3.8) is 0 Å². The van der Waals surface area contributed by atoms with Crippen molar-refractivity contribution < 1.29 is 14.3 Å². The first-order valence-corrected chi connectivity index (χ1v) is 6.72. The third-order valence-corrected chi connectivity index (χ3v) is 3.61. The van der Waals surface area contributed by atoms with Crippen molar-refractivity contribution in [2.45, 2.75) is 13.5 Å². The third-order valence-electron chi connectivity index (χ3n) is 2.70. The Balaban J connectivity index is 1.80. The predicted octanol–water partition coefficient (Wildman–Crippen LogP) is 2.90. The zero-order valence-corrected chi connectivity index (χ0v) is 11.4. The maximum absolute atomic E-state index is 10.9. The summed E-state index contributed by atoms with van der Waals surface area (Å²) in [7, 11) is 0. The number of aromatic carboxylic acids is 1. The van der Waals surface area contributed by atoms with Crippen LogP contribution in [0.4, 0.5) is 6.01 Å². The molecule has 2 heterocycles. The number of anilines is 1. The maximum Gasteiger partial charge on any atom is 0.335 e. The van der Waals surface area contributed by atoms with Crippen LogP contribution >= 0.6 is 11.3 Å². The van der Waals surface area contributed by atoms with Crippen LogP contribution in [0.5, 0.6) is 0 Å². The fourth-order valence-electron chi connectivity index (χ4n) is 1.77. The lowest BCUT2D eigenvalue weighted by atomic mass is 10.2. The lowest BCUT2D eigenvalue weighted by Gasteiger charge is -1.96. The number of oxazole rings is 1. The number of thiazole rings is 1. The topological polar surface area (TPSA) is 88.2 Å². The van der Waals surface area contributed by atoms with Gasteiger partial charge in [0.2, 0.25) is 0 Å². The Bertz CT molecular complexity index is 778. The SMILES string of the molecule is Cc1cnc(CNc2nc3ccc(C(=O)O)cc3o2)s1. The first-order valence-electron chi connectivity index (χ1n) is 5.91. The van der Waals surface area contributed by atoms with Gasteiger partial charge in [-0.05, 0) is 25.1 Å². The Morgan fingerprint density at radius 2 is 2.35 bits per heavy atom. The summed E-state index contributed by atoms with van der Waals surface area (Å²) >= 11 is 1.60. The van der Waals surface area contributed by atoms with Crippen LogP contribution in [-0.4, -0.2) is 21.0 Å². The van der Waals surface area contributed by atoms with E-state index in [0.717, 1.165) is 9.88 Å². The van der Waals surface area contributed by atoms with Gasteiger partial charge < -0.3 is 14.8 Å². The monoisotopic (exact) mass is 289 g/mol. The first-order chi connectivity index (χ1) is 9.61. The summed E-state index contributed by atoms with van der Waals surface area (Å²) in [6.45, 7) is 2.52. The van der Waals surface area contributed by atoms with E-state index >= 15 is 0 Å². The molecule has 0 fully saturated rings. The summed E-state index contributed by atoms with van der Waals surface area (Å²) in [5.74, 6) is -0.990. The van der Waals surface area contributed by atoms with E-state index in [-0.39, 0.29) is 5.56 Å². The lowest BCUT2D eigenvalue weighted by molar-refractivity contribution is 0.0697. The molecule has 0 aliphatic rings. The molecule has 0 aliphatic heterocycles. The van der Waals surface area contributed by atoms with Crippen molar-refractivity contribution in [3.05, 3.63) is 39.8 Å². The van der Waals surface area contributed by atoms with Gasteiger partial charge in [0, 0.05) is 11.1 Å². The zero-order chi connectivity index (χ0) is 14.1. The summed E-state index contributed by atoms with van der Waals surface area (Å²) in [4.78, 5) is 20.5. The van der Waals surface area contributed by atoms with Gasteiger partial charge in [-0.3, -0.25) is 0 Å². The van der Waals surface area contributed by atoms with Crippen molar-refractivity contribution in [1.82, 2.24) is 9.97 Å². The number of carboxylic acids is 1. The van der Waals surface area contributed by atoms with Crippen molar-refractivity contribution in [3.8, 4) is 0 Å². The summed E-state index contributed by atoms with van der Waals surface area (Å²) in [6.07, 6.45) is 1.81. The molecule has 0 saturated carbocycles. The molecule has 102 valence electrons. The van der Waals surface area contributed by atoms with Crippen LogP contribution < -0.4 is 5.32 Å². The molecule has 1 aromatic carbocycles. The number of hydrogen-bond acceptors (Lipinski definition) is 6. The van der Waals surface area contributed by atoms with Crippen LogP contribution in [0, 0.1) is 6.92 Å². The Labute approximate surface area is 118 Å². The number of benzene rings is 1. The fourth-order valence-corrected chi connectivity index (χ4v) is 2.49. The molecular weight excluding hydrogens is 278 g/mol. The van der Waals surface area contributed by atoms with Gasteiger partial charge in [-0.2, -0.15) is 4.98 Å². The highest BCUT2D eigenvalue weighted by Gasteiger charge is 2.10. The molecule has 7 heteroatoms. The van der Waals surface area contributed by atoms with E-state index in [0.29, 0.717) is 23.7 Å². The smallest absolute Gasteiger partial charge is 0.335 e. The number of nitrogens with zero attached hydrogens (tertiary/aromatic N) is 2. The molecule has 0 aliphatic carbocycles. The molecule has 0 bridgehead atoms. The van der Waals surface area contributed by atoms with Gasteiger partial charge in [-0.25, -0.2) is 9.78 Å². The van der Waals surface area contributed by atoms with Crippen LogP contribution in [0.2, 0.25) is 0 Å². The molecule has 0 atom stereocenters. The van der Waals surface area contributed by atoms with Crippen molar-refractivity contribution in [2.75, 3.05) is 5.32 Å². The van der Waals surface area contributed by atoms with Crippen LogP contribution in [0.3, 0.4) is 0 Å². The van der Waals surface area contributed by atoms with Gasteiger partial charge in [-0.15, -0.1) is 11.3 Å². The number of aromatic nitrogens is 2. The summed E-state index contributed by atoms with van der Waals surface area (Å²) in [6, 6.07) is 4.95. The van der Waals surface area contributed by atoms with E-state index in [2.05, 4.69) is 15.3 Å². The number of nitrogens with one attached hydrogen (secondary N) is 1.